The quantitative estimate of drug-likeness (QED) is 0.902. The van der Waals surface area contributed by atoms with Gasteiger partial charge < -0.3 is 10.2 Å². The van der Waals surface area contributed by atoms with Gasteiger partial charge in [0.05, 0.1) is 5.69 Å². The minimum Gasteiger partial charge on any atom is -0.329 e. The van der Waals surface area contributed by atoms with Gasteiger partial charge in [0.2, 0.25) is 0 Å². The normalized spacial score (nSPS) is 17.1. The van der Waals surface area contributed by atoms with E-state index in [1.165, 1.54) is 6.34 Å². The van der Waals surface area contributed by atoms with Crippen LogP contribution in [-0.2, 0) is 10.0 Å². The fourth-order valence-electron chi connectivity index (χ4n) is 1.97. The van der Waals surface area contributed by atoms with E-state index < -0.39 is 10.0 Å². The predicted molar refractivity (Wildman–Crippen MR) is 81.8 cm³/mol. The van der Waals surface area contributed by atoms with Gasteiger partial charge in [-0.15, -0.1) is 4.40 Å². The van der Waals surface area contributed by atoms with Crippen molar-refractivity contribution in [2.24, 2.45) is 4.40 Å². The maximum atomic E-state index is 11.9. The number of nitrogens with one attached hydrogen (secondary N) is 1. The van der Waals surface area contributed by atoms with E-state index in [2.05, 4.69) is 30.5 Å². The van der Waals surface area contributed by atoms with Crippen LogP contribution < -0.4 is 10.2 Å². The summed E-state index contributed by atoms with van der Waals surface area (Å²) in [6.45, 7) is 7.88. The van der Waals surface area contributed by atoms with Crippen LogP contribution in [0.25, 0.3) is 0 Å². The van der Waals surface area contributed by atoms with E-state index in [0.29, 0.717) is 12.2 Å². The van der Waals surface area contributed by atoms with E-state index in [0.717, 1.165) is 13.0 Å². The third-order valence-corrected chi connectivity index (χ3v) is 4.89. The van der Waals surface area contributed by atoms with Crippen molar-refractivity contribution in [3.05, 3.63) is 24.3 Å². The summed E-state index contributed by atoms with van der Waals surface area (Å²) in [5, 5.41) is 3.45. The van der Waals surface area contributed by atoms with Crippen LogP contribution in [0.3, 0.4) is 0 Å². The number of hydrogen-bond donors (Lipinski definition) is 1. The second kappa shape index (κ2) is 5.54. The molecule has 1 aromatic carbocycles. The van der Waals surface area contributed by atoms with Crippen molar-refractivity contribution in [1.29, 1.82) is 0 Å². The average Bonchev–Trinajstić information content (AvgIpc) is 2.42. The minimum absolute atomic E-state index is 0.0819. The molecule has 1 heterocycles. The molecule has 6 heteroatoms. The molecule has 0 fully saturated rings. The van der Waals surface area contributed by atoms with Crippen LogP contribution in [0.15, 0.2) is 33.6 Å². The number of para-hydroxylation sites is 1. The molecule has 0 aromatic heterocycles. The van der Waals surface area contributed by atoms with Gasteiger partial charge in [0.15, 0.2) is 0 Å². The molecule has 5 nitrogen and oxygen atoms in total. The summed E-state index contributed by atoms with van der Waals surface area (Å²) >= 11 is 0. The van der Waals surface area contributed by atoms with E-state index in [4.69, 9.17) is 0 Å². The maximum absolute atomic E-state index is 11.9. The Bertz CT molecular complexity index is 609. The summed E-state index contributed by atoms with van der Waals surface area (Å²) in [5.41, 5.74) is 0.775. The standard InChI is InChI=1S/C14H21N3O2S/c1-4-14(2,3)15-9-10-17-11-16-20(18,19)13-8-6-5-7-12(13)17/h5-8,11,15H,4,9-10H2,1-3H3. The predicted octanol–water partition coefficient (Wildman–Crippen LogP) is 2.00. The van der Waals surface area contributed by atoms with Crippen LogP contribution in [0.5, 0.6) is 0 Å². The van der Waals surface area contributed by atoms with Gasteiger partial charge in [0.25, 0.3) is 10.0 Å². The highest BCUT2D eigenvalue weighted by Crippen LogP contribution is 2.28. The summed E-state index contributed by atoms with van der Waals surface area (Å²) < 4.78 is 27.4. The topological polar surface area (TPSA) is 61.8 Å². The molecule has 110 valence electrons. The van der Waals surface area contributed by atoms with E-state index >= 15 is 0 Å². The highest BCUT2D eigenvalue weighted by atomic mass is 32.2. The first-order chi connectivity index (χ1) is 9.36. The summed E-state index contributed by atoms with van der Waals surface area (Å²) in [6, 6.07) is 6.96. The van der Waals surface area contributed by atoms with Gasteiger partial charge in [-0.25, -0.2) is 0 Å². The van der Waals surface area contributed by atoms with Crippen molar-refractivity contribution in [2.45, 2.75) is 37.6 Å². The molecular formula is C14H21N3O2S. The van der Waals surface area contributed by atoms with Crippen LogP contribution in [0.4, 0.5) is 5.69 Å². The van der Waals surface area contributed by atoms with Gasteiger partial charge >= 0.3 is 0 Å². The Kier molecular flexibility index (Phi) is 4.15. The summed E-state index contributed by atoms with van der Waals surface area (Å²) in [6.07, 6.45) is 2.43. The van der Waals surface area contributed by atoms with Crippen molar-refractivity contribution in [1.82, 2.24) is 5.32 Å². The lowest BCUT2D eigenvalue weighted by Gasteiger charge is -2.29. The Balaban J connectivity index is 2.12. The smallest absolute Gasteiger partial charge is 0.285 e. The van der Waals surface area contributed by atoms with E-state index in [1.54, 1.807) is 12.1 Å². The number of nitrogens with zero attached hydrogens (tertiary/aromatic N) is 2. The molecule has 0 amide bonds. The van der Waals surface area contributed by atoms with Crippen LogP contribution in [0, 0.1) is 0 Å². The lowest BCUT2D eigenvalue weighted by molar-refractivity contribution is 0.382. The maximum Gasteiger partial charge on any atom is 0.285 e. The molecule has 20 heavy (non-hydrogen) atoms. The zero-order valence-electron chi connectivity index (χ0n) is 12.1. The number of benzene rings is 1. The summed E-state index contributed by atoms with van der Waals surface area (Å²) in [5.74, 6) is 0. The SMILES string of the molecule is CCC(C)(C)NCCN1C=NS(=O)(=O)c2ccccc21. The Morgan fingerprint density at radius 3 is 2.70 bits per heavy atom. The molecular weight excluding hydrogens is 274 g/mol. The Labute approximate surface area is 120 Å². The Morgan fingerprint density at radius 2 is 2.00 bits per heavy atom. The summed E-state index contributed by atoms with van der Waals surface area (Å²) in [4.78, 5) is 2.15. The first-order valence-electron chi connectivity index (χ1n) is 6.77. The molecule has 1 N–H and O–H groups in total. The minimum atomic E-state index is -3.53. The van der Waals surface area contributed by atoms with Gasteiger partial charge in [0.1, 0.15) is 11.2 Å². The van der Waals surface area contributed by atoms with Crippen molar-refractivity contribution in [2.75, 3.05) is 18.0 Å². The molecule has 0 saturated carbocycles. The highest BCUT2D eigenvalue weighted by molar-refractivity contribution is 7.90. The van der Waals surface area contributed by atoms with Gasteiger partial charge in [-0.1, -0.05) is 19.1 Å². The van der Waals surface area contributed by atoms with Crippen LogP contribution in [-0.4, -0.2) is 33.4 Å². The number of sulfonamides is 1. The van der Waals surface area contributed by atoms with Crippen molar-refractivity contribution >= 4 is 22.0 Å². The van der Waals surface area contributed by atoms with Gasteiger partial charge in [0, 0.05) is 18.6 Å². The highest BCUT2D eigenvalue weighted by Gasteiger charge is 2.24. The zero-order valence-corrected chi connectivity index (χ0v) is 12.9. The molecule has 0 aliphatic carbocycles. The lowest BCUT2D eigenvalue weighted by atomic mass is 10.0. The fourth-order valence-corrected chi connectivity index (χ4v) is 3.02. The number of anilines is 1. The molecule has 0 saturated heterocycles. The summed E-state index contributed by atoms with van der Waals surface area (Å²) in [7, 11) is -3.53. The van der Waals surface area contributed by atoms with Crippen molar-refractivity contribution in [3.8, 4) is 0 Å². The van der Waals surface area contributed by atoms with Crippen molar-refractivity contribution in [3.63, 3.8) is 0 Å². The van der Waals surface area contributed by atoms with E-state index in [-0.39, 0.29) is 10.4 Å². The second-order valence-electron chi connectivity index (χ2n) is 5.52. The first-order valence-corrected chi connectivity index (χ1v) is 8.21. The van der Waals surface area contributed by atoms with Crippen LogP contribution >= 0.6 is 0 Å². The third-order valence-electron chi connectivity index (χ3n) is 3.62. The van der Waals surface area contributed by atoms with Crippen LogP contribution in [0.2, 0.25) is 0 Å². The molecule has 1 aliphatic heterocycles. The molecule has 0 bridgehead atoms. The number of rotatable bonds is 5. The van der Waals surface area contributed by atoms with Gasteiger partial charge in [-0.2, -0.15) is 8.42 Å². The van der Waals surface area contributed by atoms with E-state index in [9.17, 15) is 8.42 Å². The Hall–Kier alpha value is -1.40. The van der Waals surface area contributed by atoms with Gasteiger partial charge in [-0.3, -0.25) is 0 Å². The molecule has 0 spiro atoms. The molecule has 1 aromatic rings. The molecule has 0 radical (unpaired) electrons. The average molecular weight is 295 g/mol. The Morgan fingerprint density at radius 1 is 1.30 bits per heavy atom. The zero-order chi connectivity index (χ0) is 14.8. The largest absolute Gasteiger partial charge is 0.329 e. The van der Waals surface area contributed by atoms with Gasteiger partial charge in [-0.05, 0) is 32.4 Å². The third kappa shape index (κ3) is 3.19. The van der Waals surface area contributed by atoms with E-state index in [1.807, 2.05) is 17.0 Å². The molecule has 1 aliphatic rings. The first kappa shape index (κ1) is 15.0. The molecule has 2 rings (SSSR count). The number of fused-ring (bicyclic) bond motifs is 1. The lowest BCUT2D eigenvalue weighted by Crippen LogP contribution is -2.43. The van der Waals surface area contributed by atoms with Crippen LogP contribution in [0.1, 0.15) is 27.2 Å². The van der Waals surface area contributed by atoms with Crippen molar-refractivity contribution < 1.29 is 8.42 Å². The molecule has 0 atom stereocenters. The molecule has 0 unspecified atom stereocenters. The number of hydrogen-bond acceptors (Lipinski definition) is 4. The fraction of sp³-hybridized carbons (Fsp3) is 0.500. The monoisotopic (exact) mass is 295 g/mol. The second-order valence-corrected chi connectivity index (χ2v) is 7.12.